The summed E-state index contributed by atoms with van der Waals surface area (Å²) in [6.07, 6.45) is 1.46. The summed E-state index contributed by atoms with van der Waals surface area (Å²) >= 11 is 3.13. The number of hydrogen-bond donors (Lipinski definition) is 2. The summed E-state index contributed by atoms with van der Waals surface area (Å²) in [7, 11) is -3.44. The predicted octanol–water partition coefficient (Wildman–Crippen LogP) is 3.45. The molecule has 0 fully saturated rings. The minimum absolute atomic E-state index is 0.166. The Kier molecular flexibility index (Phi) is 6.46. The minimum Gasteiger partial charge on any atom is -0.322 e. The van der Waals surface area contributed by atoms with Crippen molar-refractivity contribution in [3.63, 3.8) is 0 Å². The molecule has 0 bridgehead atoms. The van der Waals surface area contributed by atoms with E-state index in [0.29, 0.717) is 15.7 Å². The second-order valence-electron chi connectivity index (χ2n) is 5.21. The van der Waals surface area contributed by atoms with Crippen molar-refractivity contribution in [1.82, 2.24) is 4.72 Å². The number of anilines is 1. The van der Waals surface area contributed by atoms with Crippen LogP contribution in [0.3, 0.4) is 0 Å². The summed E-state index contributed by atoms with van der Waals surface area (Å²) in [5.41, 5.74) is 1.22. The molecule has 0 atom stereocenters. The molecule has 2 N–H and O–H groups in total. The van der Waals surface area contributed by atoms with Crippen molar-refractivity contribution in [2.24, 2.45) is 0 Å². The summed E-state index contributed by atoms with van der Waals surface area (Å²) in [4.78, 5) is 12.1. The number of rotatable bonds is 7. The lowest BCUT2D eigenvalue weighted by atomic mass is 10.2. The second kappa shape index (κ2) is 8.37. The van der Waals surface area contributed by atoms with E-state index >= 15 is 0 Å². The number of nitrogens with one attached hydrogen (secondary N) is 2. The fraction of sp³-hybridized carbons (Fsp3) is 0.118. The van der Waals surface area contributed by atoms with E-state index in [1.165, 1.54) is 18.2 Å². The highest BCUT2D eigenvalue weighted by atomic mass is 79.9. The lowest BCUT2D eigenvalue weighted by molar-refractivity contribution is 0.102. The standard InChI is InChI=1S/C17H16BrFN2O3S/c1-2-7-20-25(23,24)11-12-3-5-16(6-4-12)21-17(22)13-8-14(18)10-15(19)9-13/h2-6,8-10,20H,1,7,11H2,(H,21,22). The molecule has 0 saturated heterocycles. The summed E-state index contributed by atoms with van der Waals surface area (Å²) in [6.45, 7) is 3.62. The summed E-state index contributed by atoms with van der Waals surface area (Å²) in [6, 6.07) is 10.3. The molecule has 0 aromatic heterocycles. The van der Waals surface area contributed by atoms with Crippen LogP contribution >= 0.6 is 15.9 Å². The third kappa shape index (κ3) is 6.08. The number of hydrogen-bond acceptors (Lipinski definition) is 3. The van der Waals surface area contributed by atoms with Gasteiger partial charge < -0.3 is 5.32 Å². The van der Waals surface area contributed by atoms with Crippen LogP contribution in [-0.2, 0) is 15.8 Å². The quantitative estimate of drug-likeness (QED) is 0.665. The Hall–Kier alpha value is -2.03. The number of carbonyl (C=O) groups excluding carboxylic acids is 1. The zero-order valence-electron chi connectivity index (χ0n) is 13.1. The average molecular weight is 427 g/mol. The van der Waals surface area contributed by atoms with Crippen LogP contribution in [0.1, 0.15) is 15.9 Å². The second-order valence-corrected chi connectivity index (χ2v) is 7.93. The van der Waals surface area contributed by atoms with Gasteiger partial charge in [-0.25, -0.2) is 17.5 Å². The summed E-state index contributed by atoms with van der Waals surface area (Å²) in [5.74, 6) is -1.16. The van der Waals surface area contributed by atoms with E-state index in [1.807, 2.05) is 0 Å². The molecule has 0 spiro atoms. The third-order valence-electron chi connectivity index (χ3n) is 3.14. The van der Waals surface area contributed by atoms with Gasteiger partial charge in [0, 0.05) is 22.3 Å². The van der Waals surface area contributed by atoms with Crippen LogP contribution in [0.4, 0.5) is 10.1 Å². The molecule has 25 heavy (non-hydrogen) atoms. The monoisotopic (exact) mass is 426 g/mol. The van der Waals surface area contributed by atoms with Crippen molar-refractivity contribution in [3.05, 3.63) is 76.5 Å². The molecule has 0 saturated carbocycles. The first-order valence-corrected chi connectivity index (χ1v) is 9.68. The van der Waals surface area contributed by atoms with Gasteiger partial charge in [0.25, 0.3) is 5.91 Å². The third-order valence-corrected chi connectivity index (χ3v) is 4.92. The first-order valence-electron chi connectivity index (χ1n) is 7.24. The van der Waals surface area contributed by atoms with Crippen LogP contribution in [0.15, 0.2) is 59.6 Å². The number of carbonyl (C=O) groups is 1. The van der Waals surface area contributed by atoms with Crippen LogP contribution in [0.5, 0.6) is 0 Å². The lowest BCUT2D eigenvalue weighted by Crippen LogP contribution is -2.25. The molecule has 2 aromatic carbocycles. The molecule has 2 rings (SSSR count). The van der Waals surface area contributed by atoms with Crippen molar-refractivity contribution in [2.75, 3.05) is 11.9 Å². The molecule has 5 nitrogen and oxygen atoms in total. The smallest absolute Gasteiger partial charge is 0.255 e. The Morgan fingerprint density at radius 1 is 1.20 bits per heavy atom. The largest absolute Gasteiger partial charge is 0.322 e. The molecule has 0 aliphatic heterocycles. The van der Waals surface area contributed by atoms with Crippen molar-refractivity contribution >= 4 is 37.5 Å². The van der Waals surface area contributed by atoms with Gasteiger partial charge in [0.05, 0.1) is 5.75 Å². The van der Waals surface area contributed by atoms with Crippen LogP contribution in [0.25, 0.3) is 0 Å². The summed E-state index contributed by atoms with van der Waals surface area (Å²) < 4.78 is 39.8. The lowest BCUT2D eigenvalue weighted by Gasteiger charge is -2.08. The fourth-order valence-electron chi connectivity index (χ4n) is 2.03. The maximum atomic E-state index is 13.3. The van der Waals surface area contributed by atoms with Crippen LogP contribution in [-0.4, -0.2) is 20.9 Å². The Morgan fingerprint density at radius 3 is 2.48 bits per heavy atom. The van der Waals surface area contributed by atoms with Crippen molar-refractivity contribution < 1.29 is 17.6 Å². The predicted molar refractivity (Wildman–Crippen MR) is 99.3 cm³/mol. The van der Waals surface area contributed by atoms with Crippen LogP contribution < -0.4 is 10.0 Å². The Balaban J connectivity index is 2.05. The highest BCUT2D eigenvalue weighted by Crippen LogP contribution is 2.17. The van der Waals surface area contributed by atoms with E-state index in [2.05, 4.69) is 32.5 Å². The maximum Gasteiger partial charge on any atom is 0.255 e. The molecule has 0 radical (unpaired) electrons. The first kappa shape index (κ1) is 19.3. The molecule has 0 aliphatic carbocycles. The van der Waals surface area contributed by atoms with E-state index in [4.69, 9.17) is 0 Å². The topological polar surface area (TPSA) is 75.3 Å². The molecule has 132 valence electrons. The van der Waals surface area contributed by atoms with Crippen molar-refractivity contribution in [1.29, 1.82) is 0 Å². The Morgan fingerprint density at radius 2 is 1.88 bits per heavy atom. The van der Waals surface area contributed by atoms with Crippen LogP contribution in [0, 0.1) is 5.82 Å². The van der Waals surface area contributed by atoms with Gasteiger partial charge in [0.1, 0.15) is 5.82 Å². The maximum absolute atomic E-state index is 13.3. The van der Waals surface area contributed by atoms with E-state index in [0.717, 1.165) is 6.07 Å². The average Bonchev–Trinajstić information content (AvgIpc) is 2.53. The highest BCUT2D eigenvalue weighted by Gasteiger charge is 2.11. The first-order chi connectivity index (χ1) is 11.8. The van der Waals surface area contributed by atoms with Gasteiger partial charge in [-0.3, -0.25) is 4.79 Å². The molecule has 8 heteroatoms. The SMILES string of the molecule is C=CCNS(=O)(=O)Cc1ccc(NC(=O)c2cc(F)cc(Br)c2)cc1. The van der Waals surface area contributed by atoms with E-state index < -0.39 is 21.7 Å². The van der Waals surface area contributed by atoms with Gasteiger partial charge in [0.15, 0.2) is 0 Å². The molecule has 2 aromatic rings. The molecular formula is C17H16BrFN2O3S. The van der Waals surface area contributed by atoms with Crippen molar-refractivity contribution in [2.45, 2.75) is 5.75 Å². The minimum atomic E-state index is -3.44. The van der Waals surface area contributed by atoms with Gasteiger partial charge in [-0.15, -0.1) is 6.58 Å². The van der Waals surface area contributed by atoms with E-state index in [9.17, 15) is 17.6 Å². The zero-order valence-corrected chi connectivity index (χ0v) is 15.5. The number of halogens is 2. The van der Waals surface area contributed by atoms with Crippen LogP contribution in [0.2, 0.25) is 0 Å². The van der Waals surface area contributed by atoms with Gasteiger partial charge in [0.2, 0.25) is 10.0 Å². The number of benzene rings is 2. The highest BCUT2D eigenvalue weighted by molar-refractivity contribution is 9.10. The molecule has 0 aliphatic rings. The molecule has 0 heterocycles. The molecular weight excluding hydrogens is 411 g/mol. The van der Waals surface area contributed by atoms with Gasteiger partial charge in [-0.2, -0.15) is 0 Å². The van der Waals surface area contributed by atoms with E-state index in [-0.39, 0.29) is 17.9 Å². The summed E-state index contributed by atoms with van der Waals surface area (Å²) in [5, 5.41) is 2.63. The number of sulfonamides is 1. The number of amides is 1. The van der Waals surface area contributed by atoms with Gasteiger partial charge in [-0.05, 0) is 35.9 Å². The Bertz CT molecular complexity index is 863. The molecule has 1 amide bonds. The fourth-order valence-corrected chi connectivity index (χ4v) is 3.60. The van der Waals surface area contributed by atoms with Gasteiger partial charge >= 0.3 is 0 Å². The van der Waals surface area contributed by atoms with Gasteiger partial charge in [-0.1, -0.05) is 34.1 Å². The van der Waals surface area contributed by atoms with E-state index in [1.54, 1.807) is 24.3 Å². The zero-order chi connectivity index (χ0) is 18.4. The normalized spacial score (nSPS) is 11.1. The molecule has 0 unspecified atom stereocenters. The van der Waals surface area contributed by atoms with Crippen molar-refractivity contribution in [3.8, 4) is 0 Å². The Labute approximate surface area is 154 Å².